The Morgan fingerprint density at radius 2 is 1.85 bits per heavy atom. The van der Waals surface area contributed by atoms with Crippen LogP contribution in [0.3, 0.4) is 0 Å². The van der Waals surface area contributed by atoms with E-state index in [0.29, 0.717) is 12.0 Å². The Bertz CT molecular complexity index is 564. The van der Waals surface area contributed by atoms with E-state index in [9.17, 15) is 0 Å². The van der Waals surface area contributed by atoms with Crippen molar-refractivity contribution in [3.63, 3.8) is 0 Å². The smallest absolute Gasteiger partial charge is 0.134 e. The average Bonchev–Trinajstić information content (AvgIpc) is 2.67. The highest BCUT2D eigenvalue weighted by atomic mass is 16.3. The molecule has 1 aliphatic rings. The lowest BCUT2D eigenvalue weighted by atomic mass is 9.90. The summed E-state index contributed by atoms with van der Waals surface area (Å²) in [6.07, 6.45) is 8.16. The van der Waals surface area contributed by atoms with Gasteiger partial charge in [0.25, 0.3) is 0 Å². The van der Waals surface area contributed by atoms with E-state index in [1.54, 1.807) is 0 Å². The molecule has 108 valence electrons. The molecule has 0 bridgehead atoms. The fourth-order valence-corrected chi connectivity index (χ4v) is 3.59. The molecule has 20 heavy (non-hydrogen) atoms. The third-order valence-corrected chi connectivity index (χ3v) is 4.68. The summed E-state index contributed by atoms with van der Waals surface area (Å²) in [5.41, 5.74) is 2.31. The summed E-state index contributed by atoms with van der Waals surface area (Å²) in [5.74, 6) is 1.82. The predicted octanol–water partition coefficient (Wildman–Crippen LogP) is 4.97. The molecule has 3 rings (SSSR count). The Hall–Kier alpha value is -1.28. The van der Waals surface area contributed by atoms with Gasteiger partial charge < -0.3 is 9.73 Å². The molecule has 1 aliphatic carbocycles. The zero-order valence-corrected chi connectivity index (χ0v) is 12.6. The summed E-state index contributed by atoms with van der Waals surface area (Å²) < 4.78 is 6.11. The van der Waals surface area contributed by atoms with Crippen LogP contribution >= 0.6 is 0 Å². The van der Waals surface area contributed by atoms with Gasteiger partial charge in [-0.25, -0.2) is 0 Å². The van der Waals surface area contributed by atoms with Gasteiger partial charge >= 0.3 is 0 Å². The summed E-state index contributed by atoms with van der Waals surface area (Å²) in [4.78, 5) is 0. The SMILES string of the molecule is CNC(c1cc2cc(C)ccc2o1)C1CCCCCC1. The minimum atomic E-state index is 0.362. The second-order valence-electron chi connectivity index (χ2n) is 6.21. The first-order chi connectivity index (χ1) is 9.78. The van der Waals surface area contributed by atoms with Crippen molar-refractivity contribution in [3.05, 3.63) is 35.6 Å². The lowest BCUT2D eigenvalue weighted by molar-refractivity contribution is 0.302. The molecule has 2 heteroatoms. The Labute approximate surface area is 121 Å². The van der Waals surface area contributed by atoms with E-state index in [1.165, 1.54) is 49.5 Å². The van der Waals surface area contributed by atoms with E-state index in [1.807, 2.05) is 0 Å². The Morgan fingerprint density at radius 1 is 1.10 bits per heavy atom. The zero-order chi connectivity index (χ0) is 13.9. The molecule has 2 nitrogen and oxygen atoms in total. The van der Waals surface area contributed by atoms with Crippen LogP contribution in [0.5, 0.6) is 0 Å². The van der Waals surface area contributed by atoms with E-state index in [-0.39, 0.29) is 0 Å². The van der Waals surface area contributed by atoms with Gasteiger partial charge in [0.1, 0.15) is 11.3 Å². The van der Waals surface area contributed by atoms with Gasteiger partial charge in [-0.2, -0.15) is 0 Å². The van der Waals surface area contributed by atoms with E-state index < -0.39 is 0 Å². The molecule has 1 aromatic carbocycles. The Morgan fingerprint density at radius 3 is 2.55 bits per heavy atom. The Balaban J connectivity index is 1.89. The van der Waals surface area contributed by atoms with E-state index >= 15 is 0 Å². The summed E-state index contributed by atoms with van der Waals surface area (Å²) in [6.45, 7) is 2.13. The monoisotopic (exact) mass is 271 g/mol. The zero-order valence-electron chi connectivity index (χ0n) is 12.6. The van der Waals surface area contributed by atoms with Crippen LogP contribution in [0, 0.1) is 12.8 Å². The molecule has 1 heterocycles. The first kappa shape index (κ1) is 13.7. The number of benzene rings is 1. The van der Waals surface area contributed by atoms with Gasteiger partial charge in [-0.15, -0.1) is 0 Å². The normalized spacial score (nSPS) is 19.1. The molecule has 1 atom stereocenters. The van der Waals surface area contributed by atoms with Crippen molar-refractivity contribution in [2.24, 2.45) is 5.92 Å². The number of aryl methyl sites for hydroxylation is 1. The lowest BCUT2D eigenvalue weighted by Gasteiger charge is -2.23. The van der Waals surface area contributed by atoms with Crippen LogP contribution in [0.2, 0.25) is 0 Å². The maximum atomic E-state index is 6.11. The van der Waals surface area contributed by atoms with Gasteiger partial charge in [0.2, 0.25) is 0 Å². The van der Waals surface area contributed by atoms with Crippen molar-refractivity contribution in [2.45, 2.75) is 51.5 Å². The van der Waals surface area contributed by atoms with Crippen molar-refractivity contribution in [3.8, 4) is 0 Å². The third-order valence-electron chi connectivity index (χ3n) is 4.68. The van der Waals surface area contributed by atoms with Crippen LogP contribution in [-0.4, -0.2) is 7.05 Å². The summed E-state index contributed by atoms with van der Waals surface area (Å²) in [6, 6.07) is 9.01. The number of furan rings is 1. The molecule has 2 aromatic rings. The lowest BCUT2D eigenvalue weighted by Crippen LogP contribution is -2.24. The van der Waals surface area contributed by atoms with E-state index in [2.05, 4.69) is 43.6 Å². The molecular weight excluding hydrogens is 246 g/mol. The highest BCUT2D eigenvalue weighted by Gasteiger charge is 2.25. The molecule has 0 amide bonds. The second kappa shape index (κ2) is 6.01. The molecule has 1 aromatic heterocycles. The molecule has 1 unspecified atom stereocenters. The van der Waals surface area contributed by atoms with Crippen molar-refractivity contribution in [1.29, 1.82) is 0 Å². The molecule has 1 saturated carbocycles. The number of rotatable bonds is 3. The van der Waals surface area contributed by atoms with Crippen LogP contribution in [0.15, 0.2) is 28.7 Å². The standard InChI is InChI=1S/C18H25NO/c1-13-9-10-16-15(11-13)12-17(20-16)18(19-2)14-7-5-3-4-6-8-14/h9-12,14,18-19H,3-8H2,1-2H3. The molecule has 0 aliphatic heterocycles. The van der Waals surface area contributed by atoms with Gasteiger partial charge in [0.15, 0.2) is 0 Å². The number of fused-ring (bicyclic) bond motifs is 1. The molecule has 0 saturated heterocycles. The molecular formula is C18H25NO. The predicted molar refractivity (Wildman–Crippen MR) is 83.9 cm³/mol. The van der Waals surface area contributed by atoms with Gasteiger partial charge in [-0.3, -0.25) is 0 Å². The minimum absolute atomic E-state index is 0.362. The van der Waals surface area contributed by atoms with Crippen molar-refractivity contribution < 1.29 is 4.42 Å². The fourth-order valence-electron chi connectivity index (χ4n) is 3.59. The second-order valence-corrected chi connectivity index (χ2v) is 6.21. The van der Waals surface area contributed by atoms with E-state index in [0.717, 1.165) is 11.3 Å². The highest BCUT2D eigenvalue weighted by Crippen LogP contribution is 2.35. The van der Waals surface area contributed by atoms with Crippen LogP contribution in [-0.2, 0) is 0 Å². The summed E-state index contributed by atoms with van der Waals surface area (Å²) >= 11 is 0. The maximum absolute atomic E-state index is 6.11. The third kappa shape index (κ3) is 2.76. The molecule has 0 spiro atoms. The first-order valence-corrected chi connectivity index (χ1v) is 7.95. The fraction of sp³-hybridized carbons (Fsp3) is 0.556. The van der Waals surface area contributed by atoms with E-state index in [4.69, 9.17) is 4.42 Å². The van der Waals surface area contributed by atoms with Crippen LogP contribution < -0.4 is 5.32 Å². The van der Waals surface area contributed by atoms with Gasteiger partial charge in [0, 0.05) is 5.39 Å². The van der Waals surface area contributed by atoms with Gasteiger partial charge in [-0.05, 0) is 50.9 Å². The largest absolute Gasteiger partial charge is 0.459 e. The molecule has 0 radical (unpaired) electrons. The van der Waals surface area contributed by atoms with Gasteiger partial charge in [-0.1, -0.05) is 37.3 Å². The summed E-state index contributed by atoms with van der Waals surface area (Å²) in [5, 5.41) is 4.73. The van der Waals surface area contributed by atoms with Crippen LogP contribution in [0.1, 0.15) is 55.9 Å². The van der Waals surface area contributed by atoms with Crippen LogP contribution in [0.4, 0.5) is 0 Å². The maximum Gasteiger partial charge on any atom is 0.134 e. The number of nitrogens with one attached hydrogen (secondary N) is 1. The molecule has 1 N–H and O–H groups in total. The van der Waals surface area contributed by atoms with Crippen molar-refractivity contribution >= 4 is 11.0 Å². The highest BCUT2D eigenvalue weighted by molar-refractivity contribution is 5.78. The first-order valence-electron chi connectivity index (χ1n) is 7.95. The van der Waals surface area contributed by atoms with Crippen molar-refractivity contribution in [2.75, 3.05) is 7.05 Å². The number of hydrogen-bond acceptors (Lipinski definition) is 2. The van der Waals surface area contributed by atoms with Crippen LogP contribution in [0.25, 0.3) is 11.0 Å². The quantitative estimate of drug-likeness (QED) is 0.797. The number of hydrogen-bond donors (Lipinski definition) is 1. The average molecular weight is 271 g/mol. The topological polar surface area (TPSA) is 25.2 Å². The summed E-state index contributed by atoms with van der Waals surface area (Å²) in [7, 11) is 2.06. The minimum Gasteiger partial charge on any atom is -0.459 e. The van der Waals surface area contributed by atoms with Crippen molar-refractivity contribution in [1.82, 2.24) is 5.32 Å². The Kier molecular flexibility index (Phi) is 4.11. The molecule has 1 fully saturated rings. The van der Waals surface area contributed by atoms with Gasteiger partial charge in [0.05, 0.1) is 6.04 Å².